The monoisotopic (exact) mass is 358 g/mol. The summed E-state index contributed by atoms with van der Waals surface area (Å²) in [5, 5.41) is 8.35. The second kappa shape index (κ2) is 11.5. The van der Waals surface area contributed by atoms with Gasteiger partial charge in [0, 0.05) is 7.05 Å². The van der Waals surface area contributed by atoms with Crippen molar-refractivity contribution in [1.82, 2.24) is 5.32 Å². The van der Waals surface area contributed by atoms with E-state index in [9.17, 15) is 8.42 Å². The van der Waals surface area contributed by atoms with Gasteiger partial charge in [-0.1, -0.05) is 40.2 Å². The number of sulfonamides is 1. The minimum atomic E-state index is -3.52. The lowest BCUT2D eigenvalue weighted by molar-refractivity contribution is -0.105. The van der Waals surface area contributed by atoms with Crippen LogP contribution in [0.4, 0.5) is 0 Å². The van der Waals surface area contributed by atoms with Crippen molar-refractivity contribution in [2.45, 2.75) is 0 Å². The Morgan fingerprint density at radius 2 is 2.06 bits per heavy atom. The number of halogens is 2. The third kappa shape index (κ3) is 13.4. The van der Waals surface area contributed by atoms with Gasteiger partial charge >= 0.3 is 0 Å². The number of hydrogen-bond acceptors (Lipinski definition) is 4. The molecule has 0 aromatic rings. The molecule has 0 aromatic carbocycles. The molecule has 0 radical (unpaired) electrons. The van der Waals surface area contributed by atoms with Crippen molar-refractivity contribution >= 4 is 43.8 Å². The summed E-state index contributed by atoms with van der Waals surface area (Å²) in [5.41, 5.74) is 0.588. The van der Waals surface area contributed by atoms with E-state index in [4.69, 9.17) is 21.5 Å². The van der Waals surface area contributed by atoms with Crippen molar-refractivity contribution in [2.24, 2.45) is 5.14 Å². The zero-order valence-electron chi connectivity index (χ0n) is 9.90. The highest BCUT2D eigenvalue weighted by molar-refractivity contribution is 9.09. The maximum absolute atomic E-state index is 10.6. The molecule has 0 aliphatic carbocycles. The number of aldehydes is 1. The van der Waals surface area contributed by atoms with E-state index in [-0.39, 0.29) is 5.75 Å². The highest BCUT2D eigenvalue weighted by Crippen LogP contribution is 2.11. The minimum absolute atomic E-state index is 0.290. The van der Waals surface area contributed by atoms with Crippen molar-refractivity contribution in [2.75, 3.05) is 18.1 Å². The van der Waals surface area contributed by atoms with Gasteiger partial charge in [-0.05, 0) is 12.2 Å². The topological polar surface area (TPSA) is 89.3 Å². The van der Waals surface area contributed by atoms with Crippen LogP contribution in [0.5, 0.6) is 0 Å². The van der Waals surface area contributed by atoms with Crippen LogP contribution in [-0.4, -0.2) is 32.8 Å². The Hall–Kier alpha value is -0.630. The van der Waals surface area contributed by atoms with Crippen LogP contribution in [0.2, 0.25) is 0 Å². The third-order valence-corrected chi connectivity index (χ3v) is 2.62. The van der Waals surface area contributed by atoms with Gasteiger partial charge < -0.3 is 10.1 Å². The first-order chi connectivity index (χ1) is 8.32. The van der Waals surface area contributed by atoms with E-state index in [1.54, 1.807) is 19.2 Å². The number of hydrogen-bond donors (Lipinski definition) is 2. The lowest BCUT2D eigenvalue weighted by Crippen LogP contribution is -2.15. The number of likely N-dealkylation sites (N-methyl/N-ethyl adjacent to an activating group) is 1. The molecule has 0 atom stereocenters. The number of primary sulfonamides is 1. The van der Waals surface area contributed by atoms with E-state index in [0.29, 0.717) is 16.1 Å². The average Bonchev–Trinajstić information content (AvgIpc) is 2.32. The zero-order valence-corrected chi connectivity index (χ0v) is 13.1. The molecule has 0 saturated heterocycles. The van der Waals surface area contributed by atoms with Gasteiger partial charge in [0.2, 0.25) is 10.0 Å². The van der Waals surface area contributed by atoms with Crippen LogP contribution < -0.4 is 10.5 Å². The van der Waals surface area contributed by atoms with Crippen LogP contribution in [0.25, 0.3) is 0 Å². The highest BCUT2D eigenvalue weighted by Gasteiger charge is 2.02. The molecule has 18 heavy (non-hydrogen) atoms. The van der Waals surface area contributed by atoms with E-state index in [2.05, 4.69) is 27.8 Å². The number of alkyl halides is 1. The molecule has 0 aromatic heterocycles. The van der Waals surface area contributed by atoms with Crippen LogP contribution in [0, 0.1) is 0 Å². The molecule has 0 heterocycles. The predicted octanol–water partition coefficient (Wildman–Crippen LogP) is 1.27. The number of rotatable bonds is 6. The lowest BCUT2D eigenvalue weighted by atomic mass is 10.3. The quantitative estimate of drug-likeness (QED) is 0.424. The van der Waals surface area contributed by atoms with E-state index < -0.39 is 10.0 Å². The Labute approximate surface area is 121 Å². The standard InChI is InChI=1S/C8H13ClN2O2S.C2H3BrO/c1-3-4-8(11-2)7(9)5-6-14(10,12)13;3-1-2-4/h3-5,11H,1,6H2,2H3,(H2,10,12,13);2H,1H2/b7-5+,8-4+;. The van der Waals surface area contributed by atoms with Crippen molar-refractivity contribution in [1.29, 1.82) is 0 Å². The van der Waals surface area contributed by atoms with Crippen LogP contribution >= 0.6 is 27.5 Å². The smallest absolute Gasteiger partial charge is 0.212 e. The van der Waals surface area contributed by atoms with Gasteiger partial charge in [0.1, 0.15) is 6.29 Å². The summed E-state index contributed by atoms with van der Waals surface area (Å²) in [6.07, 6.45) is 5.28. The third-order valence-electron chi connectivity index (χ3n) is 1.37. The molecule has 0 spiro atoms. The van der Waals surface area contributed by atoms with Gasteiger partial charge in [0.15, 0.2) is 0 Å². The zero-order chi connectivity index (χ0) is 14.6. The molecular formula is C10H16BrClN2O3S. The van der Waals surface area contributed by atoms with E-state index in [0.717, 1.165) is 6.29 Å². The molecule has 0 bridgehead atoms. The van der Waals surface area contributed by atoms with Gasteiger partial charge in [0.25, 0.3) is 0 Å². The molecule has 3 N–H and O–H groups in total. The van der Waals surface area contributed by atoms with Crippen molar-refractivity contribution in [3.63, 3.8) is 0 Å². The van der Waals surface area contributed by atoms with Crippen LogP contribution in [0.1, 0.15) is 0 Å². The molecular weight excluding hydrogens is 344 g/mol. The number of carbonyl (C=O) groups is 1. The van der Waals surface area contributed by atoms with Gasteiger partial charge in [0.05, 0.1) is 21.8 Å². The number of nitrogens with two attached hydrogens (primary N) is 1. The Morgan fingerprint density at radius 3 is 2.33 bits per heavy atom. The average molecular weight is 360 g/mol. The summed E-state index contributed by atoms with van der Waals surface area (Å²) in [6, 6.07) is 0. The second-order valence-corrected chi connectivity index (χ2v) is 5.48. The predicted molar refractivity (Wildman–Crippen MR) is 79.1 cm³/mol. The molecule has 104 valence electrons. The first-order valence-electron chi connectivity index (χ1n) is 4.69. The van der Waals surface area contributed by atoms with E-state index in [1.165, 1.54) is 6.08 Å². The maximum Gasteiger partial charge on any atom is 0.212 e. The first kappa shape index (κ1) is 19.7. The summed E-state index contributed by atoms with van der Waals surface area (Å²) < 4.78 is 21.2. The molecule has 0 saturated carbocycles. The van der Waals surface area contributed by atoms with Gasteiger partial charge in [-0.2, -0.15) is 0 Å². The van der Waals surface area contributed by atoms with Gasteiger partial charge in [-0.3, -0.25) is 0 Å². The van der Waals surface area contributed by atoms with E-state index in [1.807, 2.05) is 0 Å². The molecule has 0 aliphatic rings. The summed E-state index contributed by atoms with van der Waals surface area (Å²) >= 11 is 8.67. The van der Waals surface area contributed by atoms with Crippen molar-refractivity contribution in [3.8, 4) is 0 Å². The van der Waals surface area contributed by atoms with Crippen LogP contribution in [0.15, 0.2) is 35.5 Å². The van der Waals surface area contributed by atoms with Gasteiger partial charge in [-0.25, -0.2) is 13.6 Å². The lowest BCUT2D eigenvalue weighted by Gasteiger charge is -2.03. The Bertz CT molecular complexity index is 419. The molecule has 0 rings (SSSR count). The summed E-state index contributed by atoms with van der Waals surface area (Å²) in [4.78, 5) is 9.13. The molecule has 0 aliphatic heterocycles. The SMILES string of the molecule is C=C/C=C(NC)\C(Cl)=C/CS(N)(=O)=O.O=CCBr. The fraction of sp³-hybridized carbons (Fsp3) is 0.300. The summed E-state index contributed by atoms with van der Waals surface area (Å²) in [7, 11) is -1.85. The molecule has 5 nitrogen and oxygen atoms in total. The summed E-state index contributed by atoms with van der Waals surface area (Å²) in [6.45, 7) is 3.49. The Balaban J connectivity index is 0. The normalized spacial score (nSPS) is 12.2. The number of allylic oxidation sites excluding steroid dienone is 3. The fourth-order valence-corrected chi connectivity index (χ4v) is 1.42. The van der Waals surface area contributed by atoms with Gasteiger partial charge in [-0.15, -0.1) is 0 Å². The Kier molecular flexibility index (Phi) is 12.5. The largest absolute Gasteiger partial charge is 0.387 e. The molecule has 0 unspecified atom stereocenters. The van der Waals surface area contributed by atoms with Crippen LogP contribution in [0.3, 0.4) is 0 Å². The molecule has 8 heteroatoms. The van der Waals surface area contributed by atoms with Crippen molar-refractivity contribution < 1.29 is 13.2 Å². The molecule has 0 fully saturated rings. The minimum Gasteiger partial charge on any atom is -0.387 e. The number of carbonyl (C=O) groups excluding carboxylic acids is 1. The highest BCUT2D eigenvalue weighted by atomic mass is 79.9. The van der Waals surface area contributed by atoms with Crippen molar-refractivity contribution in [3.05, 3.63) is 35.5 Å². The Morgan fingerprint density at radius 1 is 1.56 bits per heavy atom. The van der Waals surface area contributed by atoms with Crippen LogP contribution in [-0.2, 0) is 14.8 Å². The second-order valence-electron chi connectivity index (χ2n) is 2.77. The first-order valence-corrected chi connectivity index (χ1v) is 7.90. The fourth-order valence-electron chi connectivity index (χ4n) is 0.699. The summed E-state index contributed by atoms with van der Waals surface area (Å²) in [5.74, 6) is -0.290. The number of nitrogens with one attached hydrogen (secondary N) is 1. The molecule has 0 amide bonds. The van der Waals surface area contributed by atoms with E-state index >= 15 is 0 Å². The maximum atomic E-state index is 10.6.